The van der Waals surface area contributed by atoms with E-state index in [1.807, 2.05) is 179 Å². The maximum absolute atomic E-state index is 6.31. The van der Waals surface area contributed by atoms with E-state index in [0.717, 1.165) is 32.6 Å². The van der Waals surface area contributed by atoms with Crippen LogP contribution in [-0.4, -0.2) is 49.0 Å². The van der Waals surface area contributed by atoms with E-state index in [9.17, 15) is 0 Å². The van der Waals surface area contributed by atoms with Crippen LogP contribution in [0.25, 0.3) is 55.5 Å². The second-order valence-electron chi connectivity index (χ2n) is 20.5. The van der Waals surface area contributed by atoms with Crippen LogP contribution in [0.1, 0.15) is 0 Å². The summed E-state index contributed by atoms with van der Waals surface area (Å²) >= 11 is 0. The molecule has 468 valence electrons. The van der Waals surface area contributed by atoms with E-state index < -0.39 is 0 Å². The molecule has 0 spiro atoms. The Morgan fingerprint density at radius 1 is 0.229 bits per heavy atom. The number of rotatable bonds is 18. The molecule has 20 heteroatoms. The van der Waals surface area contributed by atoms with Gasteiger partial charge in [-0.25, -0.2) is 39.9 Å². The Morgan fingerprint density at radius 3 is 0.948 bits per heavy atom. The SMILES string of the molecule is [Pt+2].[Pt+2].[c-]1c(Oc2[c-]c3c(cc2)c2ccc(Oc4[c-]c(Oc5ccccn5)ccc4)[c-]c2n3-c2ncccn2)cccc1Oc1ccccn1.c1ccc(Oc2cccc(Oc3ccc4c5ccc(Oc6cccc(Oc7ccccn7)c6)cc5n(-c5ncccn5)c4c3)c2)nc1. The minimum Gasteiger partial charge on any atom is -0.509 e. The number of hydrogen-bond acceptors (Lipinski definition) is 16. The van der Waals surface area contributed by atoms with Gasteiger partial charge in [0.2, 0.25) is 35.4 Å². The topological polar surface area (TPSA) is 187 Å². The zero-order chi connectivity index (χ0) is 62.8. The maximum atomic E-state index is 6.31. The molecule has 0 N–H and O–H groups in total. The molecule has 0 unspecified atom stereocenters. The van der Waals surface area contributed by atoms with Crippen LogP contribution in [0.2, 0.25) is 0 Å². The van der Waals surface area contributed by atoms with Crippen molar-refractivity contribution in [3.05, 3.63) is 304 Å². The molecule has 0 radical (unpaired) electrons. The molecule has 96 heavy (non-hydrogen) atoms. The molecule has 16 aromatic rings. The first-order chi connectivity index (χ1) is 46.5. The Kier molecular flexibility index (Phi) is 19.1. The van der Waals surface area contributed by atoms with Gasteiger partial charge in [0.05, 0.1) is 11.0 Å². The molecule has 0 bridgehead atoms. The largest absolute Gasteiger partial charge is 2.00 e. The predicted molar refractivity (Wildman–Crippen MR) is 351 cm³/mol. The van der Waals surface area contributed by atoms with Crippen LogP contribution in [0.3, 0.4) is 0 Å². The zero-order valence-corrected chi connectivity index (χ0v) is 54.5. The van der Waals surface area contributed by atoms with Crippen LogP contribution in [0.4, 0.5) is 0 Å². The van der Waals surface area contributed by atoms with Gasteiger partial charge in [0, 0.05) is 143 Å². The number of pyridine rings is 4. The second kappa shape index (κ2) is 29.2. The van der Waals surface area contributed by atoms with Crippen LogP contribution in [0.15, 0.2) is 280 Å². The maximum Gasteiger partial charge on any atom is 2.00 e. The van der Waals surface area contributed by atoms with E-state index in [2.05, 4.69) is 64.1 Å². The first-order valence-electron chi connectivity index (χ1n) is 29.4. The Hall–Kier alpha value is -12.1. The first-order valence-corrected chi connectivity index (χ1v) is 29.4. The van der Waals surface area contributed by atoms with Crippen LogP contribution in [-0.2, 0) is 42.1 Å². The molecule has 0 saturated carbocycles. The molecule has 16 rings (SSSR count). The normalized spacial score (nSPS) is 10.8. The standard InChI is InChI=1S/C38H25N5O4.C38H21N5O4.2Pt/c2*1-3-18-39-36(12-1)46-28-10-5-8-26(22-28)44-30-14-16-32-33-17-15-31(25-35(33)43(34(32)24-30)38-41-20-7-21-42-38)45-27-9-6-11-29(23-27)47-37-13-2-4-19-40-37;;/h1-25H;1-21H;;/q;-4;2*+2. The van der Waals surface area contributed by atoms with E-state index in [1.165, 1.54) is 0 Å². The fourth-order valence-corrected chi connectivity index (χ4v) is 10.2. The Balaban J connectivity index is 0.000000170. The molecule has 0 saturated heterocycles. The summed E-state index contributed by atoms with van der Waals surface area (Å²) in [6, 6.07) is 83.9. The van der Waals surface area contributed by atoms with Gasteiger partial charge in [-0.3, -0.25) is 4.57 Å². The number of ether oxygens (including phenoxy) is 8. The van der Waals surface area contributed by atoms with Crippen molar-refractivity contribution < 1.29 is 80.0 Å². The van der Waals surface area contributed by atoms with Crippen molar-refractivity contribution in [2.75, 3.05) is 0 Å². The number of benzene rings is 8. The van der Waals surface area contributed by atoms with Crippen molar-refractivity contribution in [1.29, 1.82) is 0 Å². The van der Waals surface area contributed by atoms with Crippen molar-refractivity contribution in [2.45, 2.75) is 0 Å². The van der Waals surface area contributed by atoms with Crippen molar-refractivity contribution in [2.24, 2.45) is 0 Å². The average Bonchev–Trinajstić information content (AvgIpc) is 1.63. The van der Waals surface area contributed by atoms with E-state index >= 15 is 0 Å². The van der Waals surface area contributed by atoms with Gasteiger partial charge in [-0.1, -0.05) is 59.6 Å². The number of nitrogens with zero attached hydrogens (tertiary/aromatic N) is 10. The summed E-state index contributed by atoms with van der Waals surface area (Å²) in [4.78, 5) is 35.1. The summed E-state index contributed by atoms with van der Waals surface area (Å²) < 4.78 is 52.3. The summed E-state index contributed by atoms with van der Waals surface area (Å²) in [7, 11) is 0. The third kappa shape index (κ3) is 14.6. The van der Waals surface area contributed by atoms with Crippen LogP contribution >= 0.6 is 0 Å². The van der Waals surface area contributed by atoms with Gasteiger partial charge in [0.25, 0.3) is 0 Å². The van der Waals surface area contributed by atoms with Crippen molar-refractivity contribution in [1.82, 2.24) is 49.0 Å². The molecule has 0 fully saturated rings. The van der Waals surface area contributed by atoms with Crippen molar-refractivity contribution >= 4 is 43.6 Å². The van der Waals surface area contributed by atoms with Gasteiger partial charge in [0.15, 0.2) is 0 Å². The van der Waals surface area contributed by atoms with Gasteiger partial charge < -0.3 is 42.5 Å². The summed E-state index contributed by atoms with van der Waals surface area (Å²) in [5.74, 6) is 9.51. The van der Waals surface area contributed by atoms with E-state index in [1.54, 1.807) is 110 Å². The van der Waals surface area contributed by atoms with Crippen LogP contribution in [0, 0.1) is 24.3 Å². The third-order valence-electron chi connectivity index (χ3n) is 14.2. The molecular weight excluding hydrogens is 1570 g/mol. The number of aromatic nitrogens is 10. The van der Waals surface area contributed by atoms with Gasteiger partial charge >= 0.3 is 42.1 Å². The summed E-state index contributed by atoms with van der Waals surface area (Å²) in [5.41, 5.74) is 3.17. The monoisotopic (exact) mass is 1620 g/mol. The van der Waals surface area contributed by atoms with Crippen molar-refractivity contribution in [3.8, 4) is 104 Å². The fraction of sp³-hybridized carbons (Fsp3) is 0. The molecule has 0 aliphatic rings. The minimum absolute atomic E-state index is 0. The second-order valence-corrected chi connectivity index (χ2v) is 20.5. The van der Waals surface area contributed by atoms with Crippen LogP contribution < -0.4 is 37.9 Å². The third-order valence-corrected chi connectivity index (χ3v) is 14.2. The Morgan fingerprint density at radius 2 is 0.552 bits per heavy atom. The van der Waals surface area contributed by atoms with Gasteiger partial charge in [-0.05, 0) is 84.9 Å². The molecule has 8 aromatic carbocycles. The number of fused-ring (bicyclic) bond motifs is 6. The quantitative estimate of drug-likeness (QED) is 0.0738. The predicted octanol–water partition coefficient (Wildman–Crippen LogP) is 18.3. The van der Waals surface area contributed by atoms with Gasteiger partial charge in [0.1, 0.15) is 34.5 Å². The van der Waals surface area contributed by atoms with E-state index in [0.29, 0.717) is 115 Å². The molecular formula is C76H46N10O8Pt2. The van der Waals surface area contributed by atoms with E-state index in [-0.39, 0.29) is 42.1 Å². The van der Waals surface area contributed by atoms with Gasteiger partial charge in [-0.15, -0.1) is 48.5 Å². The summed E-state index contributed by atoms with van der Waals surface area (Å²) in [5, 5.41) is 3.86. The first kappa shape index (κ1) is 62.7. The molecule has 18 nitrogen and oxygen atoms in total. The average molecular weight is 1620 g/mol. The smallest absolute Gasteiger partial charge is 0.509 e. The summed E-state index contributed by atoms with van der Waals surface area (Å²) in [6.07, 6.45) is 13.5. The Bertz CT molecular complexity index is 4680. The van der Waals surface area contributed by atoms with Crippen molar-refractivity contribution in [3.63, 3.8) is 0 Å². The molecule has 0 aliphatic heterocycles. The number of hydrogen-bond donors (Lipinski definition) is 0. The van der Waals surface area contributed by atoms with Crippen LogP contribution in [0.5, 0.6) is 92.5 Å². The minimum atomic E-state index is 0. The Labute approximate surface area is 577 Å². The molecule has 0 aliphatic carbocycles. The summed E-state index contributed by atoms with van der Waals surface area (Å²) in [6.45, 7) is 0. The van der Waals surface area contributed by atoms with E-state index in [4.69, 9.17) is 37.9 Å². The molecule has 8 aromatic heterocycles. The molecule has 0 atom stereocenters. The van der Waals surface area contributed by atoms with Gasteiger partial charge in [-0.2, -0.15) is 35.0 Å². The fourth-order valence-electron chi connectivity index (χ4n) is 10.2. The molecule has 0 amide bonds. The molecule has 8 heterocycles. The zero-order valence-electron chi connectivity index (χ0n) is 49.9.